The van der Waals surface area contributed by atoms with Gasteiger partial charge in [-0.05, 0) is 44.9 Å². The van der Waals surface area contributed by atoms with Crippen LogP contribution >= 0.6 is 0 Å². The van der Waals surface area contributed by atoms with Crippen LogP contribution in [0, 0.1) is 11.8 Å². The number of hydrogen-bond donors (Lipinski definition) is 2. The highest BCUT2D eigenvalue weighted by atomic mass is 16.5. The maximum atomic E-state index is 9.49. The lowest BCUT2D eigenvalue weighted by Crippen LogP contribution is -2.53. The molecule has 1 heterocycles. The highest BCUT2D eigenvalue weighted by molar-refractivity contribution is 4.99. The molecule has 88 valence electrons. The summed E-state index contributed by atoms with van der Waals surface area (Å²) >= 11 is 0. The van der Waals surface area contributed by atoms with Gasteiger partial charge in [0.15, 0.2) is 0 Å². The van der Waals surface area contributed by atoms with Crippen LogP contribution in [0.2, 0.25) is 0 Å². The minimum atomic E-state index is -0.0675. The molecule has 2 fully saturated rings. The normalized spacial score (nSPS) is 32.6. The second-order valence-electron chi connectivity index (χ2n) is 5.41. The Morgan fingerprint density at radius 1 is 1.47 bits per heavy atom. The molecular formula is C12H23NO2. The van der Waals surface area contributed by atoms with Crippen LogP contribution in [0.5, 0.6) is 0 Å². The van der Waals surface area contributed by atoms with Gasteiger partial charge in [-0.25, -0.2) is 0 Å². The van der Waals surface area contributed by atoms with E-state index in [1.807, 2.05) is 0 Å². The number of nitrogens with one attached hydrogen (secondary N) is 1. The molecule has 2 rings (SSSR count). The molecule has 0 radical (unpaired) electrons. The highest BCUT2D eigenvalue weighted by Gasteiger charge is 2.42. The van der Waals surface area contributed by atoms with E-state index in [1.54, 1.807) is 0 Å². The Balaban J connectivity index is 1.87. The van der Waals surface area contributed by atoms with Crippen molar-refractivity contribution in [3.05, 3.63) is 0 Å². The minimum absolute atomic E-state index is 0.0675. The van der Waals surface area contributed by atoms with Gasteiger partial charge in [-0.15, -0.1) is 0 Å². The lowest BCUT2D eigenvalue weighted by atomic mass is 9.92. The average Bonchev–Trinajstić information content (AvgIpc) is 2.94. The van der Waals surface area contributed by atoms with Crippen LogP contribution in [0.1, 0.15) is 33.1 Å². The first-order valence-electron chi connectivity index (χ1n) is 6.12. The Bertz CT molecular complexity index is 212. The second-order valence-corrected chi connectivity index (χ2v) is 5.41. The molecule has 15 heavy (non-hydrogen) atoms. The Kier molecular flexibility index (Phi) is 3.33. The monoisotopic (exact) mass is 213 g/mol. The topological polar surface area (TPSA) is 41.5 Å². The zero-order valence-corrected chi connectivity index (χ0v) is 9.83. The summed E-state index contributed by atoms with van der Waals surface area (Å²) in [6, 6.07) is 0.449. The van der Waals surface area contributed by atoms with Crippen LogP contribution in [-0.4, -0.2) is 36.5 Å². The van der Waals surface area contributed by atoms with Crippen LogP contribution in [-0.2, 0) is 4.74 Å². The van der Waals surface area contributed by atoms with Crippen molar-refractivity contribution in [3.8, 4) is 0 Å². The first-order valence-corrected chi connectivity index (χ1v) is 6.12. The highest BCUT2D eigenvalue weighted by Crippen LogP contribution is 2.40. The fourth-order valence-electron chi connectivity index (χ4n) is 2.60. The summed E-state index contributed by atoms with van der Waals surface area (Å²) in [6.45, 7) is 6.39. The summed E-state index contributed by atoms with van der Waals surface area (Å²) in [6.07, 6.45) is 3.68. The van der Waals surface area contributed by atoms with Gasteiger partial charge in [0.05, 0.1) is 13.2 Å². The van der Waals surface area contributed by atoms with Crippen molar-refractivity contribution in [2.75, 3.05) is 19.8 Å². The van der Waals surface area contributed by atoms with Crippen LogP contribution in [0.15, 0.2) is 0 Å². The first-order chi connectivity index (χ1) is 7.15. The molecule has 0 bridgehead atoms. The third-order valence-electron chi connectivity index (χ3n) is 4.04. The van der Waals surface area contributed by atoms with E-state index >= 15 is 0 Å². The third-order valence-corrected chi connectivity index (χ3v) is 4.04. The summed E-state index contributed by atoms with van der Waals surface area (Å²) < 4.78 is 5.40. The standard InChI is InChI=1S/C12H23NO2/c1-9(10-5-6-15-7-10)13-12(2,8-14)11-3-4-11/h9-11,13-14H,3-8H2,1-2H3. The zero-order chi connectivity index (χ0) is 10.9. The van der Waals surface area contributed by atoms with Crippen molar-refractivity contribution in [3.63, 3.8) is 0 Å². The van der Waals surface area contributed by atoms with Crippen LogP contribution in [0.4, 0.5) is 0 Å². The molecule has 0 aromatic heterocycles. The third kappa shape index (κ3) is 2.52. The Labute approximate surface area is 92.2 Å². The van der Waals surface area contributed by atoms with E-state index in [1.165, 1.54) is 12.8 Å². The van der Waals surface area contributed by atoms with E-state index in [2.05, 4.69) is 19.2 Å². The van der Waals surface area contributed by atoms with E-state index in [9.17, 15) is 5.11 Å². The van der Waals surface area contributed by atoms with Crippen molar-refractivity contribution in [1.29, 1.82) is 0 Å². The van der Waals surface area contributed by atoms with Crippen molar-refractivity contribution < 1.29 is 9.84 Å². The predicted molar refractivity (Wildman–Crippen MR) is 59.7 cm³/mol. The molecule has 3 heteroatoms. The lowest BCUT2D eigenvalue weighted by molar-refractivity contribution is 0.124. The van der Waals surface area contributed by atoms with E-state index in [0.29, 0.717) is 17.9 Å². The molecule has 2 aliphatic rings. The van der Waals surface area contributed by atoms with Crippen molar-refractivity contribution >= 4 is 0 Å². The molecule has 0 aromatic rings. The summed E-state index contributed by atoms with van der Waals surface area (Å²) in [5.74, 6) is 1.29. The van der Waals surface area contributed by atoms with Gasteiger partial charge >= 0.3 is 0 Å². The van der Waals surface area contributed by atoms with Crippen molar-refractivity contribution in [2.45, 2.75) is 44.7 Å². The van der Waals surface area contributed by atoms with Crippen molar-refractivity contribution in [1.82, 2.24) is 5.32 Å². The maximum absolute atomic E-state index is 9.49. The summed E-state index contributed by atoms with van der Waals surface area (Å²) in [7, 11) is 0. The maximum Gasteiger partial charge on any atom is 0.0613 e. The van der Waals surface area contributed by atoms with E-state index < -0.39 is 0 Å². The number of rotatable bonds is 5. The number of aliphatic hydroxyl groups excluding tert-OH is 1. The summed E-state index contributed by atoms with van der Waals surface area (Å²) in [4.78, 5) is 0. The molecule has 0 spiro atoms. The van der Waals surface area contributed by atoms with Crippen LogP contribution in [0.25, 0.3) is 0 Å². The van der Waals surface area contributed by atoms with E-state index in [4.69, 9.17) is 4.74 Å². The smallest absolute Gasteiger partial charge is 0.0613 e. The fraction of sp³-hybridized carbons (Fsp3) is 1.00. The molecule has 3 atom stereocenters. The Morgan fingerprint density at radius 2 is 2.20 bits per heavy atom. The molecular weight excluding hydrogens is 190 g/mol. The van der Waals surface area contributed by atoms with Crippen LogP contribution in [0.3, 0.4) is 0 Å². The molecule has 3 unspecified atom stereocenters. The van der Waals surface area contributed by atoms with Gasteiger partial charge in [-0.3, -0.25) is 0 Å². The van der Waals surface area contributed by atoms with Gasteiger partial charge in [0.25, 0.3) is 0 Å². The quantitative estimate of drug-likeness (QED) is 0.720. The number of ether oxygens (including phenoxy) is 1. The molecule has 2 N–H and O–H groups in total. The molecule has 1 saturated heterocycles. The zero-order valence-electron chi connectivity index (χ0n) is 9.83. The van der Waals surface area contributed by atoms with Crippen molar-refractivity contribution in [2.24, 2.45) is 11.8 Å². The van der Waals surface area contributed by atoms with Gasteiger partial charge in [0, 0.05) is 18.2 Å². The SMILES string of the molecule is CC(NC(C)(CO)C1CC1)C1CCOC1. The number of aliphatic hydroxyl groups is 1. The predicted octanol–water partition coefficient (Wildman–Crippen LogP) is 1.16. The van der Waals surface area contributed by atoms with E-state index in [-0.39, 0.29) is 12.1 Å². The average molecular weight is 213 g/mol. The second kappa shape index (κ2) is 4.40. The van der Waals surface area contributed by atoms with Gasteiger partial charge in [-0.1, -0.05) is 0 Å². The number of hydrogen-bond acceptors (Lipinski definition) is 3. The van der Waals surface area contributed by atoms with Crippen LogP contribution < -0.4 is 5.32 Å². The summed E-state index contributed by atoms with van der Waals surface area (Å²) in [5.41, 5.74) is -0.0675. The fourth-order valence-corrected chi connectivity index (χ4v) is 2.60. The minimum Gasteiger partial charge on any atom is -0.394 e. The molecule has 1 aliphatic carbocycles. The van der Waals surface area contributed by atoms with Gasteiger partial charge in [-0.2, -0.15) is 0 Å². The molecule has 1 saturated carbocycles. The van der Waals surface area contributed by atoms with E-state index in [0.717, 1.165) is 19.6 Å². The molecule has 0 amide bonds. The van der Waals surface area contributed by atoms with Gasteiger partial charge < -0.3 is 15.2 Å². The Morgan fingerprint density at radius 3 is 2.67 bits per heavy atom. The molecule has 3 nitrogen and oxygen atoms in total. The molecule has 0 aromatic carbocycles. The first kappa shape index (κ1) is 11.4. The Hall–Kier alpha value is -0.120. The molecule has 1 aliphatic heterocycles. The lowest BCUT2D eigenvalue weighted by Gasteiger charge is -2.34. The summed E-state index contributed by atoms with van der Waals surface area (Å²) in [5, 5.41) is 13.1. The van der Waals surface area contributed by atoms with Gasteiger partial charge in [0.2, 0.25) is 0 Å². The van der Waals surface area contributed by atoms with Gasteiger partial charge in [0.1, 0.15) is 0 Å². The largest absolute Gasteiger partial charge is 0.394 e.